The van der Waals surface area contributed by atoms with E-state index in [4.69, 9.17) is 13.9 Å². The minimum atomic E-state index is -0.930. The fraction of sp³-hybridized carbons (Fsp3) is 0. The molecule has 0 atom stereocenters. The van der Waals surface area contributed by atoms with E-state index in [0.29, 0.717) is 5.75 Å². The molecule has 0 radical (unpaired) electrons. The summed E-state index contributed by atoms with van der Waals surface area (Å²) in [7, 11) is 0. The number of fused-ring (bicyclic) bond motifs is 5. The largest absolute Gasteiger partial charge is 0.519 e. The fourth-order valence-corrected chi connectivity index (χ4v) is 3.48. The number of nitrogens with zero attached hydrogens (tertiary/aromatic N) is 1. The van der Waals surface area contributed by atoms with E-state index in [1.54, 1.807) is 24.7 Å². The lowest BCUT2D eigenvalue weighted by atomic mass is 9.99. The summed E-state index contributed by atoms with van der Waals surface area (Å²) in [4.78, 5) is 22.3. The van der Waals surface area contributed by atoms with E-state index in [2.05, 4.69) is 0 Å². The van der Waals surface area contributed by atoms with Gasteiger partial charge in [0.2, 0.25) is 0 Å². The SMILES string of the molecule is O=C(Oc1ccc([N+](=O)[O-])cc1)Oc1ccc2ccc3c4cocc4ccc3c2c1. The summed E-state index contributed by atoms with van der Waals surface area (Å²) in [5, 5.41) is 16.7. The Hall–Kier alpha value is -4.39. The first-order chi connectivity index (χ1) is 14.6. The molecule has 1 aromatic heterocycles. The standard InChI is InChI=1S/C23H13NO6/c25-23(29-17-7-4-16(5-8-17)24(26)27)30-18-6-1-14-2-9-20-19(21(14)11-18)10-3-15-12-28-13-22(15)20/h1-13H. The summed E-state index contributed by atoms with van der Waals surface area (Å²) in [6.45, 7) is 0. The van der Waals surface area contributed by atoms with Crippen molar-refractivity contribution in [2.24, 2.45) is 0 Å². The smallest absolute Gasteiger partial charge is 0.471 e. The van der Waals surface area contributed by atoms with Crippen LogP contribution in [0.2, 0.25) is 0 Å². The maximum Gasteiger partial charge on any atom is 0.519 e. The molecule has 7 heteroatoms. The Bertz CT molecular complexity index is 1440. The predicted molar refractivity (Wildman–Crippen MR) is 111 cm³/mol. The average molecular weight is 399 g/mol. The van der Waals surface area contributed by atoms with E-state index in [0.717, 1.165) is 32.3 Å². The third kappa shape index (κ3) is 3.08. The Balaban J connectivity index is 1.44. The number of nitro groups is 1. The fourth-order valence-electron chi connectivity index (χ4n) is 3.48. The van der Waals surface area contributed by atoms with Crippen molar-refractivity contribution in [1.82, 2.24) is 0 Å². The first-order valence-electron chi connectivity index (χ1n) is 9.04. The van der Waals surface area contributed by atoms with Crippen molar-refractivity contribution in [3.8, 4) is 11.5 Å². The zero-order valence-electron chi connectivity index (χ0n) is 15.4. The molecule has 0 spiro atoms. The third-order valence-electron chi connectivity index (χ3n) is 4.90. The third-order valence-corrected chi connectivity index (χ3v) is 4.90. The molecule has 7 nitrogen and oxygen atoms in total. The molecule has 30 heavy (non-hydrogen) atoms. The van der Waals surface area contributed by atoms with Crippen LogP contribution in [0, 0.1) is 10.1 Å². The number of rotatable bonds is 3. The minimum absolute atomic E-state index is 0.0937. The summed E-state index contributed by atoms with van der Waals surface area (Å²) in [5.41, 5.74) is -0.0937. The molecule has 1 heterocycles. The number of ether oxygens (including phenoxy) is 2. The summed E-state index contributed by atoms with van der Waals surface area (Å²) >= 11 is 0. The van der Waals surface area contributed by atoms with Gasteiger partial charge in [-0.05, 0) is 45.8 Å². The zero-order chi connectivity index (χ0) is 20.7. The number of benzene rings is 4. The van der Waals surface area contributed by atoms with Crippen LogP contribution < -0.4 is 9.47 Å². The normalized spacial score (nSPS) is 11.1. The van der Waals surface area contributed by atoms with Crippen LogP contribution in [-0.4, -0.2) is 11.1 Å². The number of hydrogen-bond acceptors (Lipinski definition) is 6. The number of non-ortho nitro benzene ring substituents is 1. The maximum atomic E-state index is 12.1. The lowest BCUT2D eigenvalue weighted by Gasteiger charge is -2.09. The van der Waals surface area contributed by atoms with Gasteiger partial charge in [0.05, 0.1) is 17.4 Å². The van der Waals surface area contributed by atoms with Gasteiger partial charge in [0.15, 0.2) is 0 Å². The van der Waals surface area contributed by atoms with Gasteiger partial charge in [-0.3, -0.25) is 10.1 Å². The molecule has 0 aliphatic heterocycles. The average Bonchev–Trinajstić information content (AvgIpc) is 3.23. The number of carbonyl (C=O) groups excluding carboxylic acids is 1. The molecular weight excluding hydrogens is 386 g/mol. The molecule has 0 aliphatic carbocycles. The lowest BCUT2D eigenvalue weighted by molar-refractivity contribution is -0.384. The number of nitro benzene ring substituents is 1. The van der Waals surface area contributed by atoms with E-state index in [9.17, 15) is 14.9 Å². The van der Waals surface area contributed by atoms with Crippen molar-refractivity contribution in [1.29, 1.82) is 0 Å². The topological polar surface area (TPSA) is 91.8 Å². The lowest BCUT2D eigenvalue weighted by Crippen LogP contribution is -2.13. The molecule has 5 aromatic rings. The summed E-state index contributed by atoms with van der Waals surface area (Å²) in [5.74, 6) is 0.480. The minimum Gasteiger partial charge on any atom is -0.471 e. The van der Waals surface area contributed by atoms with Crippen molar-refractivity contribution in [2.75, 3.05) is 0 Å². The van der Waals surface area contributed by atoms with Crippen molar-refractivity contribution >= 4 is 44.2 Å². The van der Waals surface area contributed by atoms with Crippen LogP contribution in [-0.2, 0) is 0 Å². The van der Waals surface area contributed by atoms with Crippen molar-refractivity contribution in [3.63, 3.8) is 0 Å². The van der Waals surface area contributed by atoms with Gasteiger partial charge in [-0.15, -0.1) is 0 Å². The second-order valence-corrected chi connectivity index (χ2v) is 6.69. The van der Waals surface area contributed by atoms with Crippen molar-refractivity contribution < 1.29 is 23.6 Å². The monoisotopic (exact) mass is 399 g/mol. The molecule has 0 aliphatic rings. The van der Waals surface area contributed by atoms with Gasteiger partial charge in [0.1, 0.15) is 11.5 Å². The molecule has 0 N–H and O–H groups in total. The van der Waals surface area contributed by atoms with Crippen LogP contribution in [0.5, 0.6) is 11.5 Å². The highest BCUT2D eigenvalue weighted by Crippen LogP contribution is 2.33. The predicted octanol–water partition coefficient (Wildman–Crippen LogP) is 6.23. The summed E-state index contributed by atoms with van der Waals surface area (Å²) in [6.07, 6.45) is 2.48. The molecule has 0 amide bonds. The second kappa shape index (κ2) is 6.89. The molecule has 0 bridgehead atoms. The molecule has 5 rings (SSSR count). The Morgan fingerprint density at radius 2 is 1.37 bits per heavy atom. The van der Waals surface area contributed by atoms with E-state index in [1.807, 2.05) is 30.3 Å². The highest BCUT2D eigenvalue weighted by molar-refractivity contribution is 6.17. The molecular formula is C23H13NO6. The van der Waals surface area contributed by atoms with Crippen LogP contribution >= 0.6 is 0 Å². The van der Waals surface area contributed by atoms with E-state index in [-0.39, 0.29) is 11.4 Å². The first-order valence-corrected chi connectivity index (χ1v) is 9.04. The highest BCUT2D eigenvalue weighted by Gasteiger charge is 2.12. The van der Waals surface area contributed by atoms with Crippen molar-refractivity contribution in [2.45, 2.75) is 0 Å². The Morgan fingerprint density at radius 1 is 0.733 bits per heavy atom. The Labute approximate surface area is 169 Å². The van der Waals surface area contributed by atoms with Crippen LogP contribution in [0.25, 0.3) is 32.3 Å². The number of hydrogen-bond donors (Lipinski definition) is 0. The van der Waals surface area contributed by atoms with Gasteiger partial charge in [-0.25, -0.2) is 4.79 Å². The van der Waals surface area contributed by atoms with E-state index in [1.165, 1.54) is 24.3 Å². The van der Waals surface area contributed by atoms with Crippen molar-refractivity contribution in [3.05, 3.63) is 89.4 Å². The maximum absolute atomic E-state index is 12.1. The molecule has 4 aromatic carbocycles. The summed E-state index contributed by atoms with van der Waals surface area (Å²) < 4.78 is 15.7. The second-order valence-electron chi connectivity index (χ2n) is 6.69. The van der Waals surface area contributed by atoms with Crippen LogP contribution in [0.3, 0.4) is 0 Å². The van der Waals surface area contributed by atoms with Gasteiger partial charge in [0, 0.05) is 22.9 Å². The van der Waals surface area contributed by atoms with Gasteiger partial charge in [-0.2, -0.15) is 0 Å². The van der Waals surface area contributed by atoms with Crippen LogP contribution in [0.4, 0.5) is 10.5 Å². The van der Waals surface area contributed by atoms with Crippen LogP contribution in [0.1, 0.15) is 0 Å². The first kappa shape index (κ1) is 17.7. The van der Waals surface area contributed by atoms with E-state index >= 15 is 0 Å². The van der Waals surface area contributed by atoms with E-state index < -0.39 is 11.1 Å². The Morgan fingerprint density at radius 3 is 2.13 bits per heavy atom. The quantitative estimate of drug-likeness (QED) is 0.117. The molecule has 0 saturated carbocycles. The van der Waals surface area contributed by atoms with Gasteiger partial charge >= 0.3 is 6.16 Å². The van der Waals surface area contributed by atoms with Gasteiger partial charge in [0.25, 0.3) is 5.69 Å². The number of carbonyl (C=O) groups is 1. The molecule has 0 unspecified atom stereocenters. The Kier molecular flexibility index (Phi) is 4.07. The molecule has 0 fully saturated rings. The van der Waals surface area contributed by atoms with Crippen LogP contribution in [0.15, 0.2) is 83.7 Å². The zero-order valence-corrected chi connectivity index (χ0v) is 15.4. The molecule has 0 saturated heterocycles. The number of furan rings is 1. The molecule has 146 valence electrons. The summed E-state index contributed by atoms with van der Waals surface area (Å²) in [6, 6.07) is 18.5. The van der Waals surface area contributed by atoms with Gasteiger partial charge in [-0.1, -0.05) is 30.3 Å². The highest BCUT2D eigenvalue weighted by atomic mass is 16.7. The van der Waals surface area contributed by atoms with Gasteiger partial charge < -0.3 is 13.9 Å².